The molecule has 1 aliphatic heterocycles. The molecule has 1 aromatic rings. The first-order valence-corrected chi connectivity index (χ1v) is 6.79. The Labute approximate surface area is 125 Å². The van der Waals surface area contributed by atoms with E-state index in [9.17, 15) is 18.4 Å². The minimum atomic E-state index is -0.926. The highest BCUT2D eigenvalue weighted by atomic mass is 19.1. The number of benzene rings is 1. The van der Waals surface area contributed by atoms with E-state index in [0.29, 0.717) is 19.2 Å². The first-order chi connectivity index (χ1) is 10.6. The molecule has 0 spiro atoms. The van der Waals surface area contributed by atoms with E-state index in [0.717, 1.165) is 12.1 Å². The van der Waals surface area contributed by atoms with Crippen LogP contribution in [0.4, 0.5) is 13.6 Å². The van der Waals surface area contributed by atoms with Crippen molar-refractivity contribution in [1.82, 2.24) is 26.8 Å². The van der Waals surface area contributed by atoms with Gasteiger partial charge in [0.2, 0.25) is 0 Å². The fourth-order valence-corrected chi connectivity index (χ4v) is 1.92. The summed E-state index contributed by atoms with van der Waals surface area (Å²) >= 11 is 0. The second-order valence-electron chi connectivity index (χ2n) is 4.74. The van der Waals surface area contributed by atoms with Crippen molar-refractivity contribution >= 4 is 11.9 Å². The van der Waals surface area contributed by atoms with Crippen LogP contribution in [0.15, 0.2) is 18.2 Å². The van der Waals surface area contributed by atoms with Gasteiger partial charge in [-0.3, -0.25) is 15.6 Å². The number of carbonyl (C=O) groups excluding carboxylic acids is 2. The van der Waals surface area contributed by atoms with Crippen molar-refractivity contribution in [3.05, 3.63) is 35.4 Å². The summed E-state index contributed by atoms with van der Waals surface area (Å²) in [7, 11) is 0. The topological polar surface area (TPSA) is 94.3 Å². The van der Waals surface area contributed by atoms with E-state index in [-0.39, 0.29) is 30.7 Å². The number of urea groups is 1. The third kappa shape index (κ3) is 4.64. The average molecular weight is 313 g/mol. The van der Waals surface area contributed by atoms with Crippen LogP contribution in [0.2, 0.25) is 0 Å². The van der Waals surface area contributed by atoms with Gasteiger partial charge in [0.15, 0.2) is 0 Å². The molecule has 1 aliphatic rings. The molecule has 1 fully saturated rings. The first kappa shape index (κ1) is 16.1. The van der Waals surface area contributed by atoms with Gasteiger partial charge in [0.25, 0.3) is 5.91 Å². The lowest BCUT2D eigenvalue weighted by Crippen LogP contribution is -2.46. The highest BCUT2D eigenvalue weighted by molar-refractivity contribution is 5.94. The Hall–Kier alpha value is -2.26. The summed E-state index contributed by atoms with van der Waals surface area (Å²) in [5, 5.41) is 7.73. The van der Waals surface area contributed by atoms with Gasteiger partial charge in [0, 0.05) is 32.2 Å². The van der Waals surface area contributed by atoms with E-state index in [1.807, 2.05) is 0 Å². The lowest BCUT2D eigenvalue weighted by molar-refractivity contribution is 0.0949. The molecule has 3 amide bonds. The third-order valence-electron chi connectivity index (χ3n) is 3.03. The number of carbonyl (C=O) groups is 2. The minimum Gasteiger partial charge on any atom is -0.350 e. The van der Waals surface area contributed by atoms with Gasteiger partial charge in [-0.25, -0.2) is 13.6 Å². The van der Waals surface area contributed by atoms with E-state index in [1.54, 1.807) is 0 Å². The summed E-state index contributed by atoms with van der Waals surface area (Å²) in [4.78, 5) is 23.2. The SMILES string of the molecule is O=C(NCCNC(=O)c1ccc(F)cc1F)NC1CNNC1. The zero-order chi connectivity index (χ0) is 15.9. The lowest BCUT2D eigenvalue weighted by Gasteiger charge is -2.12. The summed E-state index contributed by atoms with van der Waals surface area (Å²) in [6.07, 6.45) is 0. The molecule has 5 N–H and O–H groups in total. The van der Waals surface area contributed by atoms with Crippen LogP contribution in [-0.4, -0.2) is 44.2 Å². The standard InChI is InChI=1S/C13H17F2N5O2/c14-8-1-2-10(11(15)5-8)12(21)16-3-4-17-13(22)20-9-6-18-19-7-9/h1-2,5,9,18-19H,3-4,6-7H2,(H,16,21)(H2,17,20,22). The summed E-state index contributed by atoms with van der Waals surface area (Å²) in [5.41, 5.74) is 5.51. The van der Waals surface area contributed by atoms with Crippen molar-refractivity contribution in [2.75, 3.05) is 26.2 Å². The van der Waals surface area contributed by atoms with E-state index >= 15 is 0 Å². The zero-order valence-electron chi connectivity index (χ0n) is 11.7. The number of amides is 3. The molecule has 1 aromatic carbocycles. The van der Waals surface area contributed by atoms with Crippen molar-refractivity contribution in [2.24, 2.45) is 0 Å². The number of hydrogen-bond donors (Lipinski definition) is 5. The molecular weight excluding hydrogens is 296 g/mol. The van der Waals surface area contributed by atoms with Crippen LogP contribution in [0.3, 0.4) is 0 Å². The zero-order valence-corrected chi connectivity index (χ0v) is 11.7. The number of nitrogens with one attached hydrogen (secondary N) is 5. The maximum absolute atomic E-state index is 13.4. The van der Waals surface area contributed by atoms with Crippen LogP contribution in [0, 0.1) is 11.6 Å². The van der Waals surface area contributed by atoms with Gasteiger partial charge < -0.3 is 16.0 Å². The monoisotopic (exact) mass is 313 g/mol. The molecule has 22 heavy (non-hydrogen) atoms. The maximum Gasteiger partial charge on any atom is 0.315 e. The molecule has 0 bridgehead atoms. The summed E-state index contributed by atoms with van der Waals surface area (Å²) in [5.74, 6) is -2.34. The quantitative estimate of drug-likeness (QED) is 0.472. The normalized spacial score (nSPS) is 14.6. The summed E-state index contributed by atoms with van der Waals surface area (Å²) in [6.45, 7) is 1.58. The Bertz CT molecular complexity index is 549. The van der Waals surface area contributed by atoms with Crippen molar-refractivity contribution in [1.29, 1.82) is 0 Å². The molecule has 0 radical (unpaired) electrons. The molecule has 0 saturated carbocycles. The van der Waals surface area contributed by atoms with Crippen molar-refractivity contribution in [3.63, 3.8) is 0 Å². The molecule has 120 valence electrons. The largest absolute Gasteiger partial charge is 0.350 e. The number of halogens is 2. The van der Waals surface area contributed by atoms with Crippen LogP contribution < -0.4 is 26.8 Å². The smallest absolute Gasteiger partial charge is 0.315 e. The fraction of sp³-hybridized carbons (Fsp3) is 0.385. The van der Waals surface area contributed by atoms with Crippen molar-refractivity contribution < 1.29 is 18.4 Å². The van der Waals surface area contributed by atoms with Crippen LogP contribution in [0.1, 0.15) is 10.4 Å². The van der Waals surface area contributed by atoms with Gasteiger partial charge in [-0.15, -0.1) is 0 Å². The number of hydrazine groups is 1. The van der Waals surface area contributed by atoms with Crippen molar-refractivity contribution in [2.45, 2.75) is 6.04 Å². The van der Waals surface area contributed by atoms with Gasteiger partial charge in [-0.05, 0) is 12.1 Å². The Balaban J connectivity index is 1.67. The molecule has 0 atom stereocenters. The predicted molar refractivity (Wildman–Crippen MR) is 75.0 cm³/mol. The second kappa shape index (κ2) is 7.66. The highest BCUT2D eigenvalue weighted by Gasteiger charge is 2.16. The van der Waals surface area contributed by atoms with E-state index in [1.165, 1.54) is 0 Å². The minimum absolute atomic E-state index is 0.00269. The van der Waals surface area contributed by atoms with Gasteiger partial charge in [-0.1, -0.05) is 0 Å². The van der Waals surface area contributed by atoms with Gasteiger partial charge in [0.1, 0.15) is 11.6 Å². The Morgan fingerprint density at radius 2 is 1.82 bits per heavy atom. The molecule has 1 saturated heterocycles. The maximum atomic E-state index is 13.4. The number of rotatable bonds is 5. The molecule has 0 aliphatic carbocycles. The molecule has 2 rings (SSSR count). The van der Waals surface area contributed by atoms with Crippen LogP contribution in [0.25, 0.3) is 0 Å². The number of hydrogen-bond acceptors (Lipinski definition) is 4. The van der Waals surface area contributed by atoms with E-state index < -0.39 is 17.5 Å². The van der Waals surface area contributed by atoms with E-state index in [4.69, 9.17) is 0 Å². The van der Waals surface area contributed by atoms with Crippen molar-refractivity contribution in [3.8, 4) is 0 Å². The highest BCUT2D eigenvalue weighted by Crippen LogP contribution is 2.08. The van der Waals surface area contributed by atoms with Crippen LogP contribution in [0.5, 0.6) is 0 Å². The van der Waals surface area contributed by atoms with Gasteiger partial charge in [0.05, 0.1) is 11.6 Å². The molecule has 9 heteroatoms. The van der Waals surface area contributed by atoms with Crippen LogP contribution in [-0.2, 0) is 0 Å². The van der Waals surface area contributed by atoms with Gasteiger partial charge in [-0.2, -0.15) is 0 Å². The Morgan fingerprint density at radius 3 is 2.50 bits per heavy atom. The Kier molecular flexibility index (Phi) is 5.61. The predicted octanol–water partition coefficient (Wildman–Crippen LogP) is -0.530. The Morgan fingerprint density at radius 1 is 1.14 bits per heavy atom. The summed E-state index contributed by atoms with van der Waals surface area (Å²) < 4.78 is 26.1. The molecule has 7 nitrogen and oxygen atoms in total. The molecular formula is C13H17F2N5O2. The fourth-order valence-electron chi connectivity index (χ4n) is 1.92. The summed E-state index contributed by atoms with van der Waals surface area (Å²) in [6, 6.07) is 2.37. The van der Waals surface area contributed by atoms with Gasteiger partial charge >= 0.3 is 6.03 Å². The first-order valence-electron chi connectivity index (χ1n) is 6.79. The van der Waals surface area contributed by atoms with Crippen LogP contribution >= 0.6 is 0 Å². The molecule has 1 heterocycles. The third-order valence-corrected chi connectivity index (χ3v) is 3.03. The second-order valence-corrected chi connectivity index (χ2v) is 4.74. The lowest BCUT2D eigenvalue weighted by atomic mass is 10.2. The molecule has 0 aromatic heterocycles. The molecule has 0 unspecified atom stereocenters. The van der Waals surface area contributed by atoms with E-state index in [2.05, 4.69) is 26.8 Å². The average Bonchev–Trinajstić information content (AvgIpc) is 2.96.